The van der Waals surface area contributed by atoms with Gasteiger partial charge in [0.05, 0.1) is 24.3 Å². The Bertz CT molecular complexity index is 1890. The number of rotatable bonds is 12. The predicted molar refractivity (Wildman–Crippen MR) is 193 cm³/mol. The van der Waals surface area contributed by atoms with Crippen LogP contribution in [0.2, 0.25) is 0 Å². The molecule has 0 aromatic heterocycles. The Morgan fingerprint density at radius 3 is 1.93 bits per heavy atom. The van der Waals surface area contributed by atoms with E-state index in [-0.39, 0.29) is 24.3 Å². The van der Waals surface area contributed by atoms with Crippen LogP contribution in [-0.2, 0) is 68.4 Å². The van der Waals surface area contributed by atoms with Gasteiger partial charge in [-0.2, -0.15) is 0 Å². The average Bonchev–Trinajstić information content (AvgIpc) is 3.46. The standard InChI is InChI=1S/C41H43NO15/c1-22(43)49-20-29-32(52-23(2)44)34(53-24(3)45)31(42-37(46)27-17-11-12-18-28(27)38(42)47)40(54-29)57-35-33-30(21-51-39(56-33)26-15-9-6-10-16-26)55-41(48-4)36(35)50-19-25-13-7-5-8-14-25/h5-18,29-36,39-41H,19-21H2,1-4H3/t29-,30-,31-,32-,33-,34-,35+,36-,39?,40+,41+/m1/s1. The summed E-state index contributed by atoms with van der Waals surface area (Å²) in [5.74, 6) is -3.80. The summed E-state index contributed by atoms with van der Waals surface area (Å²) in [5, 5.41) is 0. The van der Waals surface area contributed by atoms with E-state index in [2.05, 4.69) is 0 Å². The first-order valence-electron chi connectivity index (χ1n) is 18.5. The molecule has 3 fully saturated rings. The zero-order valence-electron chi connectivity index (χ0n) is 31.6. The smallest absolute Gasteiger partial charge is 0.303 e. The number of amides is 2. The van der Waals surface area contributed by atoms with Gasteiger partial charge in [0.15, 0.2) is 31.1 Å². The van der Waals surface area contributed by atoms with E-state index < -0.39 is 104 Å². The van der Waals surface area contributed by atoms with Crippen LogP contribution in [0.3, 0.4) is 0 Å². The van der Waals surface area contributed by atoms with Gasteiger partial charge in [-0.05, 0) is 17.7 Å². The van der Waals surface area contributed by atoms with Gasteiger partial charge in [0.2, 0.25) is 0 Å². The first-order chi connectivity index (χ1) is 27.5. The molecule has 3 aromatic rings. The molecule has 2 amide bonds. The third-order valence-corrected chi connectivity index (χ3v) is 9.96. The summed E-state index contributed by atoms with van der Waals surface area (Å²) < 4.78 is 61.7. The molecule has 0 radical (unpaired) electrons. The Labute approximate surface area is 328 Å². The molecule has 7 rings (SSSR count). The van der Waals surface area contributed by atoms with Crippen LogP contribution in [0.25, 0.3) is 0 Å². The summed E-state index contributed by atoms with van der Waals surface area (Å²) in [6.07, 6.45) is -11.9. The largest absolute Gasteiger partial charge is 0.463 e. The topological polar surface area (TPSA) is 181 Å². The van der Waals surface area contributed by atoms with Crippen molar-refractivity contribution in [1.29, 1.82) is 0 Å². The molecule has 4 heterocycles. The summed E-state index contributed by atoms with van der Waals surface area (Å²) in [6.45, 7) is 3.06. The van der Waals surface area contributed by atoms with E-state index in [1.54, 1.807) is 12.1 Å². The normalized spacial score (nSPS) is 30.9. The Balaban J connectivity index is 1.33. The number of benzene rings is 3. The van der Waals surface area contributed by atoms with Crippen molar-refractivity contribution in [1.82, 2.24) is 4.90 Å². The lowest BCUT2D eigenvalue weighted by Crippen LogP contribution is -2.70. The lowest BCUT2D eigenvalue weighted by Gasteiger charge is -2.52. The fourth-order valence-corrected chi connectivity index (χ4v) is 7.52. The summed E-state index contributed by atoms with van der Waals surface area (Å²) in [5.41, 5.74) is 1.70. The SMILES string of the molecule is CO[C@H]1O[C@@H]2COC(c3ccccc3)O[C@H]2[C@H](O[C@@H]2O[C@H](COC(C)=O)[C@@H](OC(C)=O)[C@H](OC(C)=O)[C@H]2N2C(=O)c3ccccc3C2=O)[C@H]1OCc1ccccc1. The summed E-state index contributed by atoms with van der Waals surface area (Å²) in [7, 11) is 1.44. The van der Waals surface area contributed by atoms with Gasteiger partial charge in [0.25, 0.3) is 11.8 Å². The molecule has 0 bridgehead atoms. The van der Waals surface area contributed by atoms with E-state index in [1.807, 2.05) is 60.7 Å². The number of carbonyl (C=O) groups excluding carboxylic acids is 5. The van der Waals surface area contributed by atoms with Crippen LogP contribution in [0, 0.1) is 0 Å². The summed E-state index contributed by atoms with van der Waals surface area (Å²) >= 11 is 0. The van der Waals surface area contributed by atoms with Crippen molar-refractivity contribution in [3.8, 4) is 0 Å². The molecule has 302 valence electrons. The van der Waals surface area contributed by atoms with Crippen molar-refractivity contribution in [3.05, 3.63) is 107 Å². The van der Waals surface area contributed by atoms with E-state index in [9.17, 15) is 24.0 Å². The maximum atomic E-state index is 14.2. The molecule has 4 aliphatic heterocycles. The van der Waals surface area contributed by atoms with Crippen molar-refractivity contribution < 1.29 is 71.3 Å². The lowest BCUT2D eigenvalue weighted by atomic mass is 9.93. The average molecular weight is 790 g/mol. The van der Waals surface area contributed by atoms with E-state index in [4.69, 9.17) is 47.4 Å². The van der Waals surface area contributed by atoms with Gasteiger partial charge in [-0.15, -0.1) is 0 Å². The fraction of sp³-hybridized carbons (Fsp3) is 0.439. The minimum atomic E-state index is -1.66. The van der Waals surface area contributed by atoms with Crippen LogP contribution in [0.1, 0.15) is 58.9 Å². The van der Waals surface area contributed by atoms with Crippen molar-refractivity contribution in [2.75, 3.05) is 20.3 Å². The van der Waals surface area contributed by atoms with Crippen LogP contribution in [0.5, 0.6) is 0 Å². The van der Waals surface area contributed by atoms with E-state index in [0.717, 1.165) is 24.3 Å². The molecule has 16 nitrogen and oxygen atoms in total. The number of nitrogens with zero attached hydrogens (tertiary/aromatic N) is 1. The highest BCUT2D eigenvalue weighted by Crippen LogP contribution is 2.41. The highest BCUT2D eigenvalue weighted by atomic mass is 16.8. The van der Waals surface area contributed by atoms with Crippen LogP contribution in [0.4, 0.5) is 0 Å². The van der Waals surface area contributed by atoms with Gasteiger partial charge >= 0.3 is 17.9 Å². The van der Waals surface area contributed by atoms with E-state index >= 15 is 0 Å². The number of ether oxygens (including phenoxy) is 10. The number of imide groups is 1. The molecule has 57 heavy (non-hydrogen) atoms. The van der Waals surface area contributed by atoms with Gasteiger partial charge in [0.1, 0.15) is 43.2 Å². The number of methoxy groups -OCH3 is 1. The summed E-state index contributed by atoms with van der Waals surface area (Å²) in [4.78, 5) is 66.9. The zero-order valence-corrected chi connectivity index (χ0v) is 31.6. The van der Waals surface area contributed by atoms with Gasteiger partial charge in [-0.25, -0.2) is 0 Å². The molecule has 0 spiro atoms. The minimum Gasteiger partial charge on any atom is -0.463 e. The number of esters is 3. The molecule has 1 unspecified atom stereocenters. The molecule has 3 saturated heterocycles. The highest BCUT2D eigenvalue weighted by Gasteiger charge is 2.60. The third-order valence-electron chi connectivity index (χ3n) is 9.96. The Morgan fingerprint density at radius 1 is 0.702 bits per heavy atom. The van der Waals surface area contributed by atoms with Crippen molar-refractivity contribution in [2.45, 2.75) is 95.0 Å². The number of carbonyl (C=O) groups is 5. The molecular weight excluding hydrogens is 746 g/mol. The van der Waals surface area contributed by atoms with Crippen LogP contribution in [0.15, 0.2) is 84.9 Å². The summed E-state index contributed by atoms with van der Waals surface area (Å²) in [6, 6.07) is 23.2. The van der Waals surface area contributed by atoms with Gasteiger partial charge in [-0.3, -0.25) is 28.9 Å². The van der Waals surface area contributed by atoms with E-state index in [1.165, 1.54) is 26.2 Å². The molecule has 16 heteroatoms. The fourth-order valence-electron chi connectivity index (χ4n) is 7.52. The van der Waals surface area contributed by atoms with Crippen LogP contribution >= 0.6 is 0 Å². The lowest BCUT2D eigenvalue weighted by molar-refractivity contribution is -0.390. The number of hydrogen-bond donors (Lipinski definition) is 0. The molecule has 0 N–H and O–H groups in total. The highest BCUT2D eigenvalue weighted by molar-refractivity contribution is 6.21. The predicted octanol–water partition coefficient (Wildman–Crippen LogP) is 3.26. The molecular formula is C41H43NO15. The second-order valence-electron chi connectivity index (χ2n) is 13.8. The second kappa shape index (κ2) is 17.6. The van der Waals surface area contributed by atoms with E-state index in [0.29, 0.717) is 5.56 Å². The third kappa shape index (κ3) is 8.62. The van der Waals surface area contributed by atoms with Crippen molar-refractivity contribution in [2.24, 2.45) is 0 Å². The van der Waals surface area contributed by atoms with Crippen LogP contribution < -0.4 is 0 Å². The molecule has 0 saturated carbocycles. The maximum Gasteiger partial charge on any atom is 0.303 e. The molecule has 0 aliphatic carbocycles. The van der Waals surface area contributed by atoms with Crippen molar-refractivity contribution >= 4 is 29.7 Å². The number of fused-ring (bicyclic) bond motifs is 2. The number of hydrogen-bond acceptors (Lipinski definition) is 15. The van der Waals surface area contributed by atoms with Crippen molar-refractivity contribution in [3.63, 3.8) is 0 Å². The Kier molecular flexibility index (Phi) is 12.4. The minimum absolute atomic E-state index is 0.0440. The van der Waals surface area contributed by atoms with Gasteiger partial charge in [-0.1, -0.05) is 72.8 Å². The second-order valence-corrected chi connectivity index (χ2v) is 13.8. The van der Waals surface area contributed by atoms with Gasteiger partial charge in [0, 0.05) is 33.4 Å². The molecule has 4 aliphatic rings. The zero-order chi connectivity index (χ0) is 40.2. The quantitative estimate of drug-likeness (QED) is 0.148. The Hall–Kier alpha value is -5.07. The van der Waals surface area contributed by atoms with Crippen LogP contribution in [-0.4, -0.2) is 116 Å². The van der Waals surface area contributed by atoms with Gasteiger partial charge < -0.3 is 47.4 Å². The first kappa shape index (κ1) is 40.1. The Morgan fingerprint density at radius 2 is 1.32 bits per heavy atom. The maximum absolute atomic E-state index is 14.2. The monoisotopic (exact) mass is 789 g/mol. The first-order valence-corrected chi connectivity index (χ1v) is 18.5. The molecule has 11 atom stereocenters. The molecule has 3 aromatic carbocycles.